The van der Waals surface area contributed by atoms with Gasteiger partial charge in [-0.05, 0) is 47.8 Å². The van der Waals surface area contributed by atoms with Crippen LogP contribution in [-0.4, -0.2) is 16.1 Å². The van der Waals surface area contributed by atoms with Crippen molar-refractivity contribution in [2.75, 3.05) is 0 Å². The number of rotatable bonds is 4. The highest BCUT2D eigenvalue weighted by Gasteiger charge is 2.46. The van der Waals surface area contributed by atoms with Crippen molar-refractivity contribution in [3.63, 3.8) is 0 Å². The summed E-state index contributed by atoms with van der Waals surface area (Å²) in [4.78, 5) is 11.7. The van der Waals surface area contributed by atoms with Gasteiger partial charge in [-0.2, -0.15) is 0 Å². The zero-order chi connectivity index (χ0) is 19.7. The largest absolute Gasteiger partial charge is 0.387 e. The Morgan fingerprint density at radius 3 is 2.43 bits per heavy atom. The van der Waals surface area contributed by atoms with Crippen LogP contribution in [0.2, 0.25) is 5.02 Å². The standard InChI is InChI=1S/C23H22ClNO3/c24-18-8-4-7-16(13-18)22(28)23(21(27)15-5-2-1-3-6-15)12-11-19-17(14-23)9-10-20(26)25-19/h1-8,11-13,21-22,27-28H,9-10,14H2,(H,25,26). The Hall–Kier alpha value is -2.40. The number of aliphatic hydroxyl groups excluding tert-OH is 2. The summed E-state index contributed by atoms with van der Waals surface area (Å²) in [5.41, 5.74) is 2.24. The molecule has 3 atom stereocenters. The Morgan fingerprint density at radius 2 is 1.68 bits per heavy atom. The summed E-state index contributed by atoms with van der Waals surface area (Å²) in [5, 5.41) is 26.2. The van der Waals surface area contributed by atoms with Gasteiger partial charge in [-0.25, -0.2) is 0 Å². The van der Waals surface area contributed by atoms with Gasteiger partial charge in [0.1, 0.15) is 0 Å². The van der Waals surface area contributed by atoms with Crippen molar-refractivity contribution in [1.29, 1.82) is 0 Å². The molecule has 1 aliphatic carbocycles. The van der Waals surface area contributed by atoms with Crippen molar-refractivity contribution >= 4 is 17.5 Å². The average Bonchev–Trinajstić information content (AvgIpc) is 2.73. The first-order valence-corrected chi connectivity index (χ1v) is 9.75. The summed E-state index contributed by atoms with van der Waals surface area (Å²) >= 11 is 6.15. The molecule has 2 aromatic rings. The first kappa shape index (κ1) is 18.9. The molecule has 1 aliphatic heterocycles. The van der Waals surface area contributed by atoms with Crippen LogP contribution in [0.5, 0.6) is 0 Å². The molecule has 0 spiro atoms. The van der Waals surface area contributed by atoms with E-state index in [2.05, 4.69) is 5.32 Å². The molecule has 0 aromatic heterocycles. The van der Waals surface area contributed by atoms with Crippen molar-refractivity contribution in [3.8, 4) is 0 Å². The zero-order valence-corrected chi connectivity index (χ0v) is 16.1. The number of nitrogens with one attached hydrogen (secondary N) is 1. The summed E-state index contributed by atoms with van der Waals surface area (Å²) in [6.07, 6.45) is 3.24. The first-order chi connectivity index (χ1) is 13.5. The van der Waals surface area contributed by atoms with E-state index in [1.165, 1.54) is 0 Å². The highest BCUT2D eigenvalue weighted by Crippen LogP contribution is 2.53. The summed E-state index contributed by atoms with van der Waals surface area (Å²) < 4.78 is 0. The molecule has 2 aliphatic rings. The van der Waals surface area contributed by atoms with Crippen LogP contribution in [0.4, 0.5) is 0 Å². The van der Waals surface area contributed by atoms with E-state index in [0.29, 0.717) is 29.8 Å². The number of allylic oxidation sites excluding steroid dienone is 2. The molecule has 4 nitrogen and oxygen atoms in total. The minimum Gasteiger partial charge on any atom is -0.387 e. The van der Waals surface area contributed by atoms with Crippen molar-refractivity contribution in [1.82, 2.24) is 5.32 Å². The maximum absolute atomic E-state index is 11.7. The molecule has 1 heterocycles. The lowest BCUT2D eigenvalue weighted by Gasteiger charge is -2.43. The molecular formula is C23H22ClNO3. The first-order valence-electron chi connectivity index (χ1n) is 9.37. The number of hydrogen-bond acceptors (Lipinski definition) is 3. The number of hydrogen-bond donors (Lipinski definition) is 3. The molecule has 0 bridgehead atoms. The van der Waals surface area contributed by atoms with Gasteiger partial charge in [0.15, 0.2) is 0 Å². The molecule has 0 saturated carbocycles. The summed E-state index contributed by atoms with van der Waals surface area (Å²) in [6.45, 7) is 0. The van der Waals surface area contributed by atoms with E-state index >= 15 is 0 Å². The van der Waals surface area contributed by atoms with Crippen LogP contribution < -0.4 is 5.32 Å². The number of carbonyl (C=O) groups is 1. The summed E-state index contributed by atoms with van der Waals surface area (Å²) in [6, 6.07) is 16.4. The average molecular weight is 396 g/mol. The second kappa shape index (κ2) is 7.55. The SMILES string of the molecule is O=C1CCC2=C(C=CC(C(O)c3ccccc3)(C(O)c3cccc(Cl)c3)C2)N1. The van der Waals surface area contributed by atoms with E-state index in [9.17, 15) is 15.0 Å². The zero-order valence-electron chi connectivity index (χ0n) is 15.3. The molecule has 2 aromatic carbocycles. The Labute approximate surface area is 169 Å². The molecule has 0 saturated heterocycles. The molecule has 3 N–H and O–H groups in total. The molecule has 0 radical (unpaired) electrons. The molecule has 5 heteroatoms. The second-order valence-electron chi connectivity index (χ2n) is 7.46. The summed E-state index contributed by atoms with van der Waals surface area (Å²) in [5.74, 6) is -0.00472. The Bertz CT molecular complexity index is 953. The topological polar surface area (TPSA) is 69.6 Å². The third-order valence-electron chi connectivity index (χ3n) is 5.69. The van der Waals surface area contributed by atoms with Gasteiger partial charge in [-0.3, -0.25) is 4.79 Å². The van der Waals surface area contributed by atoms with Crippen molar-refractivity contribution in [3.05, 3.63) is 94.2 Å². The molecule has 0 fully saturated rings. The van der Waals surface area contributed by atoms with E-state index in [1.54, 1.807) is 18.2 Å². The van der Waals surface area contributed by atoms with Gasteiger partial charge in [0.25, 0.3) is 0 Å². The van der Waals surface area contributed by atoms with Crippen LogP contribution in [0, 0.1) is 5.41 Å². The van der Waals surface area contributed by atoms with E-state index in [0.717, 1.165) is 16.8 Å². The number of aliphatic hydroxyl groups is 2. The van der Waals surface area contributed by atoms with Gasteiger partial charge >= 0.3 is 0 Å². The predicted molar refractivity (Wildman–Crippen MR) is 108 cm³/mol. The Kier molecular flexibility index (Phi) is 5.11. The van der Waals surface area contributed by atoms with E-state index in [1.807, 2.05) is 48.6 Å². The highest BCUT2D eigenvalue weighted by atomic mass is 35.5. The normalized spacial score (nSPS) is 23.8. The Balaban J connectivity index is 1.78. The van der Waals surface area contributed by atoms with Crippen LogP contribution >= 0.6 is 11.6 Å². The van der Waals surface area contributed by atoms with Gasteiger partial charge in [0.2, 0.25) is 5.91 Å². The van der Waals surface area contributed by atoms with Gasteiger partial charge in [0, 0.05) is 17.1 Å². The minimum absolute atomic E-state index is 0.00472. The number of benzene rings is 2. The maximum atomic E-state index is 11.7. The smallest absolute Gasteiger partial charge is 0.224 e. The molecular weight excluding hydrogens is 374 g/mol. The lowest BCUT2D eigenvalue weighted by atomic mass is 9.65. The van der Waals surface area contributed by atoms with Crippen LogP contribution in [0.1, 0.15) is 42.6 Å². The van der Waals surface area contributed by atoms with Gasteiger partial charge in [-0.1, -0.05) is 60.1 Å². The van der Waals surface area contributed by atoms with Crippen LogP contribution in [-0.2, 0) is 4.79 Å². The van der Waals surface area contributed by atoms with E-state index in [4.69, 9.17) is 11.6 Å². The molecule has 28 heavy (non-hydrogen) atoms. The van der Waals surface area contributed by atoms with Crippen molar-refractivity contribution in [2.45, 2.75) is 31.5 Å². The molecule has 1 amide bonds. The second-order valence-corrected chi connectivity index (χ2v) is 7.90. The maximum Gasteiger partial charge on any atom is 0.224 e. The fourth-order valence-electron chi connectivity index (χ4n) is 4.17. The lowest BCUT2D eigenvalue weighted by Crippen LogP contribution is -2.39. The fraction of sp³-hybridized carbons (Fsp3) is 0.261. The highest BCUT2D eigenvalue weighted by molar-refractivity contribution is 6.30. The predicted octanol–water partition coefficient (Wildman–Crippen LogP) is 4.22. The minimum atomic E-state index is -0.968. The van der Waals surface area contributed by atoms with Crippen LogP contribution in [0.3, 0.4) is 0 Å². The van der Waals surface area contributed by atoms with Crippen LogP contribution in [0.25, 0.3) is 0 Å². The van der Waals surface area contributed by atoms with E-state index in [-0.39, 0.29) is 5.91 Å². The van der Waals surface area contributed by atoms with Gasteiger partial charge in [-0.15, -0.1) is 0 Å². The third-order valence-corrected chi connectivity index (χ3v) is 5.92. The van der Waals surface area contributed by atoms with Gasteiger partial charge in [0.05, 0.1) is 17.6 Å². The summed E-state index contributed by atoms with van der Waals surface area (Å²) in [7, 11) is 0. The van der Waals surface area contributed by atoms with Crippen LogP contribution in [0.15, 0.2) is 78.0 Å². The number of halogens is 1. The van der Waals surface area contributed by atoms with Gasteiger partial charge < -0.3 is 15.5 Å². The quantitative estimate of drug-likeness (QED) is 0.726. The fourth-order valence-corrected chi connectivity index (χ4v) is 4.37. The number of amides is 1. The van der Waals surface area contributed by atoms with Crippen molar-refractivity contribution in [2.24, 2.45) is 5.41 Å². The molecule has 144 valence electrons. The lowest BCUT2D eigenvalue weighted by molar-refractivity contribution is -0.120. The molecule has 4 rings (SSSR count). The Morgan fingerprint density at radius 1 is 0.964 bits per heavy atom. The third kappa shape index (κ3) is 3.39. The van der Waals surface area contributed by atoms with E-state index < -0.39 is 17.6 Å². The van der Waals surface area contributed by atoms with Crippen molar-refractivity contribution < 1.29 is 15.0 Å². The molecule has 3 unspecified atom stereocenters. The number of carbonyl (C=O) groups excluding carboxylic acids is 1. The monoisotopic (exact) mass is 395 g/mol.